The molecule has 0 amide bonds. The first-order valence-corrected chi connectivity index (χ1v) is 7.81. The van der Waals surface area contributed by atoms with Gasteiger partial charge in [-0.15, -0.1) is 12.4 Å². The lowest BCUT2D eigenvalue weighted by Gasteiger charge is -2.30. The van der Waals surface area contributed by atoms with Crippen LogP contribution >= 0.6 is 24.0 Å². The van der Waals surface area contributed by atoms with Crippen molar-refractivity contribution in [2.75, 3.05) is 19.6 Å². The highest BCUT2D eigenvalue weighted by molar-refractivity contribution is 7.89. The van der Waals surface area contributed by atoms with Crippen molar-refractivity contribution in [3.8, 4) is 0 Å². The maximum absolute atomic E-state index is 12.5. The summed E-state index contributed by atoms with van der Waals surface area (Å²) in [6, 6.07) is 3.58. The lowest BCUT2D eigenvalue weighted by molar-refractivity contribution is -0.387. The molecule has 0 aromatic heterocycles. The maximum atomic E-state index is 12.5. The third kappa shape index (κ3) is 3.83. The van der Waals surface area contributed by atoms with Gasteiger partial charge in [-0.1, -0.05) is 11.6 Å². The van der Waals surface area contributed by atoms with Crippen molar-refractivity contribution in [3.63, 3.8) is 0 Å². The summed E-state index contributed by atoms with van der Waals surface area (Å²) >= 11 is 5.70. The molecule has 118 valence electrons. The maximum Gasteiger partial charge on any atom is 0.290 e. The molecule has 1 atom stereocenters. The summed E-state index contributed by atoms with van der Waals surface area (Å²) < 4.78 is 26.3. The monoisotopic (exact) mass is 355 g/mol. The van der Waals surface area contributed by atoms with Gasteiger partial charge < -0.3 is 5.32 Å². The quantitative estimate of drug-likeness (QED) is 0.657. The molecule has 1 heterocycles. The van der Waals surface area contributed by atoms with Crippen molar-refractivity contribution >= 4 is 39.7 Å². The Kier molecular flexibility index (Phi) is 5.94. The van der Waals surface area contributed by atoms with Gasteiger partial charge in [0.15, 0.2) is 4.90 Å². The fourth-order valence-corrected chi connectivity index (χ4v) is 3.94. The van der Waals surface area contributed by atoms with Crippen LogP contribution in [0.5, 0.6) is 0 Å². The SMILES string of the molecule is CC1CN(S(=O)(=O)c2ccc(Cl)cc2[N+](=O)[O-])CCN1.Cl. The molecule has 1 unspecified atom stereocenters. The topological polar surface area (TPSA) is 92.5 Å². The van der Waals surface area contributed by atoms with Gasteiger partial charge in [-0.3, -0.25) is 10.1 Å². The van der Waals surface area contributed by atoms with Gasteiger partial charge in [0.1, 0.15) is 0 Å². The van der Waals surface area contributed by atoms with Crippen LogP contribution in [0.2, 0.25) is 5.02 Å². The van der Waals surface area contributed by atoms with Gasteiger partial charge in [0.2, 0.25) is 10.0 Å². The van der Waals surface area contributed by atoms with E-state index in [-0.39, 0.29) is 41.5 Å². The van der Waals surface area contributed by atoms with Crippen LogP contribution in [-0.2, 0) is 10.0 Å². The molecule has 7 nitrogen and oxygen atoms in total. The Morgan fingerprint density at radius 1 is 1.48 bits per heavy atom. The molecule has 0 radical (unpaired) electrons. The third-order valence-corrected chi connectivity index (χ3v) is 5.21. The van der Waals surface area contributed by atoms with E-state index in [0.717, 1.165) is 6.07 Å². The van der Waals surface area contributed by atoms with Crippen molar-refractivity contribution in [3.05, 3.63) is 33.3 Å². The predicted octanol–water partition coefficient (Wildman–Crippen LogP) is 1.65. The van der Waals surface area contributed by atoms with Crippen LogP contribution in [0.1, 0.15) is 6.92 Å². The number of nitro benzene ring substituents is 1. The molecule has 1 aliphatic rings. The van der Waals surface area contributed by atoms with Gasteiger partial charge in [-0.2, -0.15) is 4.31 Å². The van der Waals surface area contributed by atoms with Crippen LogP contribution in [0.4, 0.5) is 5.69 Å². The van der Waals surface area contributed by atoms with E-state index < -0.39 is 20.6 Å². The number of hydrogen-bond acceptors (Lipinski definition) is 5. The first kappa shape index (κ1) is 18.1. The third-order valence-electron chi connectivity index (χ3n) is 3.07. The zero-order valence-electron chi connectivity index (χ0n) is 11.2. The summed E-state index contributed by atoms with van der Waals surface area (Å²) in [6.45, 7) is 2.94. The summed E-state index contributed by atoms with van der Waals surface area (Å²) in [4.78, 5) is 9.97. The lowest BCUT2D eigenvalue weighted by atomic mass is 10.3. The molecule has 10 heteroatoms. The van der Waals surface area contributed by atoms with Crippen molar-refractivity contribution < 1.29 is 13.3 Å². The summed E-state index contributed by atoms with van der Waals surface area (Å²) in [5, 5.41) is 14.3. The van der Waals surface area contributed by atoms with E-state index in [0.29, 0.717) is 6.54 Å². The smallest absolute Gasteiger partial charge is 0.290 e. The van der Waals surface area contributed by atoms with Gasteiger partial charge in [-0.25, -0.2) is 8.42 Å². The molecule has 0 bridgehead atoms. The number of rotatable bonds is 3. The molecule has 0 saturated carbocycles. The number of nitro groups is 1. The van der Waals surface area contributed by atoms with Crippen molar-refractivity contribution in [1.29, 1.82) is 0 Å². The van der Waals surface area contributed by atoms with Crippen LogP contribution in [0.15, 0.2) is 23.1 Å². The Balaban J connectivity index is 0.00000220. The molecule has 0 aliphatic carbocycles. The molecule has 2 rings (SSSR count). The number of nitrogens with one attached hydrogen (secondary N) is 1. The number of sulfonamides is 1. The van der Waals surface area contributed by atoms with E-state index in [2.05, 4.69) is 5.32 Å². The minimum absolute atomic E-state index is 0. The highest BCUT2D eigenvalue weighted by Gasteiger charge is 2.33. The second kappa shape index (κ2) is 6.89. The van der Waals surface area contributed by atoms with Crippen LogP contribution in [-0.4, -0.2) is 43.3 Å². The molecule has 1 saturated heterocycles. The highest BCUT2D eigenvalue weighted by Crippen LogP contribution is 2.29. The fourth-order valence-electron chi connectivity index (χ4n) is 2.11. The Hall–Kier alpha value is -0.930. The van der Waals surface area contributed by atoms with Crippen LogP contribution in [0, 0.1) is 10.1 Å². The van der Waals surface area contributed by atoms with E-state index in [1.807, 2.05) is 6.92 Å². The number of halogens is 2. The number of hydrogen-bond donors (Lipinski definition) is 1. The molecule has 0 spiro atoms. The zero-order chi connectivity index (χ0) is 14.9. The zero-order valence-corrected chi connectivity index (χ0v) is 13.5. The molecule has 1 fully saturated rings. The van der Waals surface area contributed by atoms with Crippen molar-refractivity contribution in [1.82, 2.24) is 9.62 Å². The van der Waals surface area contributed by atoms with Gasteiger partial charge >= 0.3 is 0 Å². The average molecular weight is 356 g/mol. The summed E-state index contributed by atoms with van der Waals surface area (Å²) in [5.74, 6) is 0. The van der Waals surface area contributed by atoms with Crippen LogP contribution < -0.4 is 5.32 Å². The largest absolute Gasteiger partial charge is 0.312 e. The van der Waals surface area contributed by atoms with Crippen LogP contribution in [0.3, 0.4) is 0 Å². The normalized spacial score (nSPS) is 19.8. The molecule has 1 N–H and O–H groups in total. The van der Waals surface area contributed by atoms with Gasteiger partial charge in [0.25, 0.3) is 5.69 Å². The molecule has 21 heavy (non-hydrogen) atoms. The predicted molar refractivity (Wildman–Crippen MR) is 81.6 cm³/mol. The fraction of sp³-hybridized carbons (Fsp3) is 0.455. The van der Waals surface area contributed by atoms with E-state index in [9.17, 15) is 18.5 Å². The molecular weight excluding hydrogens is 341 g/mol. The number of piperazine rings is 1. The molecule has 1 aromatic rings. The van der Waals surface area contributed by atoms with Gasteiger partial charge in [-0.05, 0) is 19.1 Å². The minimum Gasteiger partial charge on any atom is -0.312 e. The average Bonchev–Trinajstić information content (AvgIpc) is 2.38. The standard InChI is InChI=1S/C11H14ClN3O4S.ClH/c1-8-7-14(5-4-13-8)20(18,19)11-3-2-9(12)6-10(11)15(16)17;/h2-3,6,8,13H,4-5,7H2,1H3;1H. The van der Waals surface area contributed by atoms with E-state index in [4.69, 9.17) is 11.6 Å². The van der Waals surface area contributed by atoms with Gasteiger partial charge in [0.05, 0.1) is 4.92 Å². The second-order valence-corrected chi connectivity index (χ2v) is 6.93. The second-order valence-electron chi connectivity index (χ2n) is 4.59. The molecular formula is C11H15Cl2N3O4S. The Labute approximate surface area is 133 Å². The van der Waals surface area contributed by atoms with Gasteiger partial charge in [0, 0.05) is 36.8 Å². The highest BCUT2D eigenvalue weighted by atomic mass is 35.5. The Morgan fingerprint density at radius 2 is 2.14 bits per heavy atom. The first-order valence-electron chi connectivity index (χ1n) is 6.00. The minimum atomic E-state index is -3.89. The first-order chi connectivity index (χ1) is 9.32. The number of nitrogens with zero attached hydrogens (tertiary/aromatic N) is 2. The Bertz CT molecular complexity index is 638. The summed E-state index contributed by atoms with van der Waals surface area (Å²) in [6.07, 6.45) is 0. The van der Waals surface area contributed by atoms with Crippen molar-refractivity contribution in [2.24, 2.45) is 0 Å². The van der Waals surface area contributed by atoms with E-state index in [1.165, 1.54) is 16.4 Å². The summed E-state index contributed by atoms with van der Waals surface area (Å²) in [5.41, 5.74) is -0.497. The molecule has 1 aliphatic heterocycles. The lowest BCUT2D eigenvalue weighted by Crippen LogP contribution is -2.51. The van der Waals surface area contributed by atoms with Crippen molar-refractivity contribution in [2.45, 2.75) is 17.9 Å². The van der Waals surface area contributed by atoms with Crippen LogP contribution in [0.25, 0.3) is 0 Å². The van der Waals surface area contributed by atoms with E-state index in [1.54, 1.807) is 0 Å². The number of benzene rings is 1. The Morgan fingerprint density at radius 3 is 2.71 bits per heavy atom. The van der Waals surface area contributed by atoms with E-state index >= 15 is 0 Å². The molecule has 1 aromatic carbocycles. The summed E-state index contributed by atoms with van der Waals surface area (Å²) in [7, 11) is -3.89.